The number of carboxylic acid groups (broad SMARTS) is 1. The number of ketones is 1. The third-order valence-corrected chi connectivity index (χ3v) is 5.60. The van der Waals surface area contributed by atoms with Crippen molar-refractivity contribution in [3.63, 3.8) is 0 Å². The number of hydrogen-bond acceptors (Lipinski definition) is 4. The molecule has 2 N–H and O–H groups in total. The maximum atomic E-state index is 12.3. The Morgan fingerprint density at radius 3 is 2.67 bits per heavy atom. The van der Waals surface area contributed by atoms with E-state index in [-0.39, 0.29) is 30.5 Å². The standard InChI is InChI=1S/C25H34O5/c1-30-16-15-20-11-8-10-19(17-20)9-6-7-13-22-21(23(26)18-24(22)27)12-4-2-3-5-14-25(28)29/h2,4,7-8,10-11,13,17,21-22,24,27H,3,5-6,9,12,14-16,18H2,1H3,(H,28,29)/b4-2-,13-7+/t21-,22-,24-/m1/s1. The van der Waals surface area contributed by atoms with Crippen LogP contribution in [0.25, 0.3) is 0 Å². The SMILES string of the molecule is COCCc1cccc(CC/C=C/[C@H]2[C@H](O)CC(=O)[C@@H]2C/C=C\CCCC(=O)O)c1. The number of aryl methyl sites for hydroxylation is 1. The molecule has 0 amide bonds. The van der Waals surface area contributed by atoms with Gasteiger partial charge in [0.2, 0.25) is 0 Å². The van der Waals surface area contributed by atoms with E-state index in [9.17, 15) is 14.7 Å². The second-order valence-corrected chi connectivity index (χ2v) is 7.94. The number of rotatable bonds is 13. The van der Waals surface area contributed by atoms with Gasteiger partial charge in [0.25, 0.3) is 0 Å². The van der Waals surface area contributed by atoms with Crippen molar-refractivity contribution in [1.29, 1.82) is 0 Å². The van der Waals surface area contributed by atoms with Crippen molar-refractivity contribution in [3.8, 4) is 0 Å². The maximum Gasteiger partial charge on any atom is 0.303 e. The molecule has 2 rings (SSSR count). The van der Waals surface area contributed by atoms with Crippen LogP contribution in [-0.4, -0.2) is 41.8 Å². The van der Waals surface area contributed by atoms with E-state index >= 15 is 0 Å². The number of aliphatic hydroxyl groups is 1. The van der Waals surface area contributed by atoms with Gasteiger partial charge in [-0.2, -0.15) is 0 Å². The molecule has 5 heteroatoms. The Labute approximate surface area is 179 Å². The van der Waals surface area contributed by atoms with Crippen LogP contribution in [-0.2, 0) is 27.2 Å². The lowest BCUT2D eigenvalue weighted by Gasteiger charge is -2.15. The van der Waals surface area contributed by atoms with E-state index in [4.69, 9.17) is 9.84 Å². The Kier molecular flexibility index (Phi) is 10.5. The van der Waals surface area contributed by atoms with Gasteiger partial charge < -0.3 is 14.9 Å². The summed E-state index contributed by atoms with van der Waals surface area (Å²) >= 11 is 0. The van der Waals surface area contributed by atoms with Crippen LogP contribution in [0.3, 0.4) is 0 Å². The van der Waals surface area contributed by atoms with Gasteiger partial charge in [-0.1, -0.05) is 48.6 Å². The highest BCUT2D eigenvalue weighted by Crippen LogP contribution is 2.33. The van der Waals surface area contributed by atoms with Crippen LogP contribution < -0.4 is 0 Å². The molecule has 30 heavy (non-hydrogen) atoms. The molecule has 0 heterocycles. The summed E-state index contributed by atoms with van der Waals surface area (Å²) in [5.41, 5.74) is 2.54. The van der Waals surface area contributed by atoms with Gasteiger partial charge in [0.05, 0.1) is 12.7 Å². The normalized spacial score (nSPS) is 21.8. The molecule has 0 unspecified atom stereocenters. The number of benzene rings is 1. The number of carbonyl (C=O) groups excluding carboxylic acids is 1. The average molecular weight is 415 g/mol. The fraction of sp³-hybridized carbons (Fsp3) is 0.520. The minimum Gasteiger partial charge on any atom is -0.481 e. The van der Waals surface area contributed by atoms with Gasteiger partial charge in [-0.25, -0.2) is 0 Å². The van der Waals surface area contributed by atoms with E-state index < -0.39 is 12.1 Å². The van der Waals surface area contributed by atoms with Crippen LogP contribution in [0.4, 0.5) is 0 Å². The largest absolute Gasteiger partial charge is 0.481 e. The molecule has 1 aliphatic rings. The third kappa shape index (κ3) is 8.25. The summed E-state index contributed by atoms with van der Waals surface area (Å²) in [6.45, 7) is 0.715. The van der Waals surface area contributed by atoms with Crippen molar-refractivity contribution in [2.45, 2.75) is 57.5 Å². The predicted molar refractivity (Wildman–Crippen MR) is 117 cm³/mol. The first-order valence-corrected chi connectivity index (χ1v) is 10.8. The average Bonchev–Trinajstić information content (AvgIpc) is 2.99. The number of methoxy groups -OCH3 is 1. The van der Waals surface area contributed by atoms with Crippen molar-refractivity contribution >= 4 is 11.8 Å². The molecule has 0 saturated heterocycles. The number of allylic oxidation sites excluding steroid dienone is 3. The number of hydrogen-bond donors (Lipinski definition) is 2. The van der Waals surface area contributed by atoms with Gasteiger partial charge >= 0.3 is 5.97 Å². The number of aliphatic hydroxyl groups excluding tert-OH is 1. The molecule has 0 aromatic heterocycles. The highest BCUT2D eigenvalue weighted by Gasteiger charge is 2.38. The number of Topliss-reactive ketones (excluding diaryl/α,β-unsaturated/α-hetero) is 1. The molecule has 1 aliphatic carbocycles. The molecule has 0 radical (unpaired) electrons. The highest BCUT2D eigenvalue weighted by molar-refractivity contribution is 5.84. The van der Waals surface area contributed by atoms with Crippen molar-refractivity contribution < 1.29 is 24.5 Å². The topological polar surface area (TPSA) is 83.8 Å². The molecule has 164 valence electrons. The van der Waals surface area contributed by atoms with Gasteiger partial charge in [-0.3, -0.25) is 9.59 Å². The minimum atomic E-state index is -0.788. The third-order valence-electron chi connectivity index (χ3n) is 5.60. The summed E-state index contributed by atoms with van der Waals surface area (Å²) in [5.74, 6) is -1.01. The summed E-state index contributed by atoms with van der Waals surface area (Å²) in [6, 6.07) is 8.51. The molecule has 1 saturated carbocycles. The fourth-order valence-electron chi connectivity index (χ4n) is 3.92. The smallest absolute Gasteiger partial charge is 0.303 e. The first-order chi connectivity index (χ1) is 14.5. The molecular weight excluding hydrogens is 380 g/mol. The summed E-state index contributed by atoms with van der Waals surface area (Å²) in [6.07, 6.45) is 12.3. The van der Waals surface area contributed by atoms with Crippen molar-refractivity contribution in [2.75, 3.05) is 13.7 Å². The molecule has 1 aromatic carbocycles. The van der Waals surface area contributed by atoms with Crippen LogP contribution in [0.15, 0.2) is 48.6 Å². The van der Waals surface area contributed by atoms with E-state index in [2.05, 4.69) is 30.3 Å². The summed E-state index contributed by atoms with van der Waals surface area (Å²) in [7, 11) is 1.71. The number of ether oxygens (including phenoxy) is 1. The first-order valence-electron chi connectivity index (χ1n) is 10.8. The Hall–Kier alpha value is -2.24. The highest BCUT2D eigenvalue weighted by atomic mass is 16.5. The van der Waals surface area contributed by atoms with Crippen molar-refractivity contribution in [1.82, 2.24) is 0 Å². The number of carbonyl (C=O) groups is 2. The molecule has 0 spiro atoms. The van der Waals surface area contributed by atoms with Gasteiger partial charge in [-0.15, -0.1) is 0 Å². The van der Waals surface area contributed by atoms with E-state index in [1.54, 1.807) is 7.11 Å². The molecule has 1 aromatic rings. The lowest BCUT2D eigenvalue weighted by Crippen LogP contribution is -2.17. The van der Waals surface area contributed by atoms with Gasteiger partial charge in [-0.05, 0) is 49.7 Å². The van der Waals surface area contributed by atoms with E-state index in [0.717, 1.165) is 19.3 Å². The second-order valence-electron chi connectivity index (χ2n) is 7.94. The Morgan fingerprint density at radius 1 is 1.17 bits per heavy atom. The van der Waals surface area contributed by atoms with Crippen molar-refractivity contribution in [2.24, 2.45) is 11.8 Å². The lowest BCUT2D eigenvalue weighted by molar-refractivity contribution is -0.137. The lowest BCUT2D eigenvalue weighted by atomic mass is 9.90. The van der Waals surface area contributed by atoms with Crippen molar-refractivity contribution in [3.05, 3.63) is 59.7 Å². The molecule has 5 nitrogen and oxygen atoms in total. The zero-order valence-corrected chi connectivity index (χ0v) is 17.8. The first kappa shape index (κ1) is 24.0. The maximum absolute atomic E-state index is 12.3. The van der Waals surface area contributed by atoms with E-state index in [1.165, 1.54) is 11.1 Å². The molecule has 0 bridgehead atoms. The van der Waals surface area contributed by atoms with E-state index in [1.807, 2.05) is 18.2 Å². The van der Waals surface area contributed by atoms with Crippen LogP contribution in [0.1, 0.15) is 49.7 Å². The molecule has 1 fully saturated rings. The van der Waals surface area contributed by atoms with Crippen LogP contribution >= 0.6 is 0 Å². The Morgan fingerprint density at radius 2 is 1.93 bits per heavy atom. The minimum absolute atomic E-state index is 0.109. The molecule has 0 aliphatic heterocycles. The second kappa shape index (κ2) is 13.1. The monoisotopic (exact) mass is 414 g/mol. The molecule has 3 atom stereocenters. The number of carboxylic acids is 1. The number of aliphatic carboxylic acids is 1. The quantitative estimate of drug-likeness (QED) is 0.374. The Balaban J connectivity index is 1.82. The fourth-order valence-corrected chi connectivity index (χ4v) is 3.92. The van der Waals surface area contributed by atoms with Crippen LogP contribution in [0.5, 0.6) is 0 Å². The predicted octanol–water partition coefficient (Wildman–Crippen LogP) is 4.13. The van der Waals surface area contributed by atoms with Crippen LogP contribution in [0, 0.1) is 11.8 Å². The number of unbranched alkanes of at least 4 members (excludes halogenated alkanes) is 1. The summed E-state index contributed by atoms with van der Waals surface area (Å²) in [5, 5.41) is 18.9. The van der Waals surface area contributed by atoms with Gasteiger partial charge in [0, 0.05) is 31.8 Å². The zero-order valence-electron chi connectivity index (χ0n) is 17.8. The van der Waals surface area contributed by atoms with Crippen LogP contribution in [0.2, 0.25) is 0 Å². The van der Waals surface area contributed by atoms with Gasteiger partial charge in [0.1, 0.15) is 5.78 Å². The van der Waals surface area contributed by atoms with E-state index in [0.29, 0.717) is 25.9 Å². The summed E-state index contributed by atoms with van der Waals surface area (Å²) < 4.78 is 5.14. The Bertz CT molecular complexity index is 737. The molecular formula is C25H34O5. The zero-order chi connectivity index (χ0) is 21.8. The summed E-state index contributed by atoms with van der Waals surface area (Å²) in [4.78, 5) is 22.8. The van der Waals surface area contributed by atoms with Gasteiger partial charge in [0.15, 0.2) is 0 Å².